The summed E-state index contributed by atoms with van der Waals surface area (Å²) in [5.41, 5.74) is 6.35. The molecule has 0 amide bonds. The van der Waals surface area contributed by atoms with Crippen molar-refractivity contribution in [1.82, 2.24) is 0 Å². The summed E-state index contributed by atoms with van der Waals surface area (Å²) in [6.45, 7) is 3.37. The Kier molecular flexibility index (Phi) is 2.90. The number of thioether (sulfide) groups is 1. The minimum absolute atomic E-state index is 0.0398. The first-order valence-corrected chi connectivity index (χ1v) is 4.79. The standard InChI is InChI=1S/C9H12N2O2S/c1-4-3-6(12)8(14-9(10)11)5(2)7(4)13/h3,12-13H,1-2H3,(H3,10,11). The molecule has 4 nitrogen and oxygen atoms in total. The van der Waals surface area contributed by atoms with Gasteiger partial charge in [0, 0.05) is 5.56 Å². The fourth-order valence-electron chi connectivity index (χ4n) is 1.17. The lowest BCUT2D eigenvalue weighted by molar-refractivity contribution is 0.442. The first-order valence-electron chi connectivity index (χ1n) is 3.97. The topological polar surface area (TPSA) is 90.3 Å². The van der Waals surface area contributed by atoms with E-state index in [1.54, 1.807) is 13.8 Å². The molecule has 1 aromatic rings. The zero-order chi connectivity index (χ0) is 10.9. The number of nitrogens with one attached hydrogen (secondary N) is 1. The van der Waals surface area contributed by atoms with E-state index in [2.05, 4.69) is 0 Å². The summed E-state index contributed by atoms with van der Waals surface area (Å²) in [7, 11) is 0. The fourth-order valence-corrected chi connectivity index (χ4v) is 1.81. The summed E-state index contributed by atoms with van der Waals surface area (Å²) in [6.07, 6.45) is 0. The summed E-state index contributed by atoms with van der Waals surface area (Å²) in [5.74, 6) is 0.171. The first kappa shape index (κ1) is 10.7. The Bertz CT molecular complexity index is 391. The lowest BCUT2D eigenvalue weighted by Crippen LogP contribution is -2.03. The van der Waals surface area contributed by atoms with Crippen LogP contribution in [0.5, 0.6) is 11.5 Å². The number of amidine groups is 1. The average Bonchev–Trinajstić information content (AvgIpc) is 2.09. The number of rotatable bonds is 1. The molecular weight excluding hydrogens is 200 g/mol. The van der Waals surface area contributed by atoms with E-state index in [0.717, 1.165) is 11.8 Å². The Balaban J connectivity index is 3.29. The van der Waals surface area contributed by atoms with Gasteiger partial charge in [-0.05, 0) is 37.2 Å². The Labute approximate surface area is 86.3 Å². The highest BCUT2D eigenvalue weighted by atomic mass is 32.2. The molecular formula is C9H12N2O2S. The van der Waals surface area contributed by atoms with Gasteiger partial charge in [0.2, 0.25) is 0 Å². The second kappa shape index (κ2) is 3.79. The number of hydrogen-bond donors (Lipinski definition) is 4. The maximum absolute atomic E-state index is 9.59. The molecule has 0 aliphatic carbocycles. The third kappa shape index (κ3) is 1.93. The van der Waals surface area contributed by atoms with E-state index < -0.39 is 0 Å². The molecule has 0 aliphatic rings. The van der Waals surface area contributed by atoms with Gasteiger partial charge in [-0.25, -0.2) is 0 Å². The maximum atomic E-state index is 9.59. The minimum atomic E-state index is -0.119. The predicted molar refractivity (Wildman–Crippen MR) is 57.0 cm³/mol. The molecule has 76 valence electrons. The molecule has 0 radical (unpaired) electrons. The second-order valence-corrected chi connectivity index (χ2v) is 4.03. The van der Waals surface area contributed by atoms with E-state index in [9.17, 15) is 10.2 Å². The molecule has 1 rings (SSSR count). The molecule has 0 unspecified atom stereocenters. The summed E-state index contributed by atoms with van der Waals surface area (Å²) < 4.78 is 0. The lowest BCUT2D eigenvalue weighted by Gasteiger charge is -2.10. The van der Waals surface area contributed by atoms with Crippen molar-refractivity contribution in [3.63, 3.8) is 0 Å². The molecule has 0 saturated heterocycles. The van der Waals surface area contributed by atoms with Crippen LogP contribution in [0.4, 0.5) is 0 Å². The minimum Gasteiger partial charge on any atom is -0.507 e. The highest BCUT2D eigenvalue weighted by Crippen LogP contribution is 2.38. The first-order chi connectivity index (χ1) is 6.43. The van der Waals surface area contributed by atoms with Crippen molar-refractivity contribution < 1.29 is 10.2 Å². The molecule has 0 aromatic heterocycles. The Morgan fingerprint density at radius 3 is 2.50 bits per heavy atom. The van der Waals surface area contributed by atoms with Crippen LogP contribution in [-0.2, 0) is 0 Å². The summed E-state index contributed by atoms with van der Waals surface area (Å²) >= 11 is 0.926. The van der Waals surface area contributed by atoms with Crippen molar-refractivity contribution in [2.75, 3.05) is 0 Å². The van der Waals surface area contributed by atoms with Crippen molar-refractivity contribution in [2.45, 2.75) is 18.7 Å². The van der Waals surface area contributed by atoms with Crippen LogP contribution in [0.3, 0.4) is 0 Å². The van der Waals surface area contributed by atoms with Crippen LogP contribution in [0.1, 0.15) is 11.1 Å². The van der Waals surface area contributed by atoms with Gasteiger partial charge in [0.05, 0.1) is 4.90 Å². The number of phenolic OH excluding ortho intramolecular Hbond substituents is 2. The number of aromatic hydroxyl groups is 2. The summed E-state index contributed by atoms with van der Waals surface area (Å²) in [4.78, 5) is 0.431. The highest BCUT2D eigenvalue weighted by Gasteiger charge is 2.13. The Hall–Kier alpha value is -1.36. The van der Waals surface area contributed by atoms with Crippen molar-refractivity contribution >= 4 is 16.9 Å². The predicted octanol–water partition coefficient (Wildman–Crippen LogP) is 1.70. The molecule has 0 bridgehead atoms. The third-order valence-electron chi connectivity index (χ3n) is 1.87. The van der Waals surface area contributed by atoms with E-state index in [0.29, 0.717) is 16.0 Å². The SMILES string of the molecule is Cc1cc(O)c(SC(=N)N)c(C)c1O. The van der Waals surface area contributed by atoms with E-state index in [1.807, 2.05) is 0 Å². The van der Waals surface area contributed by atoms with Crippen LogP contribution in [0.15, 0.2) is 11.0 Å². The van der Waals surface area contributed by atoms with E-state index in [4.69, 9.17) is 11.1 Å². The van der Waals surface area contributed by atoms with Gasteiger partial charge >= 0.3 is 0 Å². The van der Waals surface area contributed by atoms with E-state index >= 15 is 0 Å². The number of nitrogens with two attached hydrogens (primary N) is 1. The fraction of sp³-hybridized carbons (Fsp3) is 0.222. The van der Waals surface area contributed by atoms with Crippen LogP contribution in [0, 0.1) is 19.3 Å². The molecule has 0 heterocycles. The smallest absolute Gasteiger partial charge is 0.156 e. The second-order valence-electron chi connectivity index (χ2n) is 2.98. The molecule has 0 spiro atoms. The normalized spacial score (nSPS) is 10.1. The molecule has 5 heteroatoms. The largest absolute Gasteiger partial charge is 0.507 e. The molecule has 1 aromatic carbocycles. The van der Waals surface area contributed by atoms with E-state index in [-0.39, 0.29) is 16.7 Å². The molecule has 14 heavy (non-hydrogen) atoms. The molecule has 0 aliphatic heterocycles. The van der Waals surface area contributed by atoms with Gasteiger partial charge in [0.1, 0.15) is 11.5 Å². The summed E-state index contributed by atoms with van der Waals surface area (Å²) in [6, 6.07) is 1.45. The van der Waals surface area contributed by atoms with Crippen LogP contribution in [0.2, 0.25) is 0 Å². The molecule has 5 N–H and O–H groups in total. The zero-order valence-corrected chi connectivity index (χ0v) is 8.77. The van der Waals surface area contributed by atoms with Crippen LogP contribution in [0.25, 0.3) is 0 Å². The van der Waals surface area contributed by atoms with Gasteiger partial charge in [-0.2, -0.15) is 0 Å². The maximum Gasteiger partial charge on any atom is 0.156 e. The van der Waals surface area contributed by atoms with Crippen molar-refractivity contribution in [1.29, 1.82) is 5.41 Å². The Morgan fingerprint density at radius 1 is 1.43 bits per heavy atom. The van der Waals surface area contributed by atoms with Crippen LogP contribution in [-0.4, -0.2) is 15.4 Å². The van der Waals surface area contributed by atoms with Gasteiger partial charge in [0.25, 0.3) is 0 Å². The molecule has 0 atom stereocenters. The lowest BCUT2D eigenvalue weighted by atomic mass is 10.1. The third-order valence-corrected chi connectivity index (χ3v) is 2.81. The highest BCUT2D eigenvalue weighted by molar-refractivity contribution is 8.13. The molecule has 0 saturated carbocycles. The van der Waals surface area contributed by atoms with Crippen LogP contribution < -0.4 is 5.73 Å². The zero-order valence-electron chi connectivity index (χ0n) is 7.96. The number of aryl methyl sites for hydroxylation is 1. The quantitative estimate of drug-likeness (QED) is 0.247. The van der Waals surface area contributed by atoms with Gasteiger partial charge in [-0.3, -0.25) is 5.41 Å². The van der Waals surface area contributed by atoms with Crippen molar-refractivity contribution in [3.8, 4) is 11.5 Å². The van der Waals surface area contributed by atoms with Crippen molar-refractivity contribution in [3.05, 3.63) is 17.2 Å². The van der Waals surface area contributed by atoms with Crippen LogP contribution >= 0.6 is 11.8 Å². The number of phenols is 2. The number of hydrogen-bond acceptors (Lipinski definition) is 4. The molecule has 0 fully saturated rings. The summed E-state index contributed by atoms with van der Waals surface area (Å²) in [5, 5.41) is 26.1. The van der Waals surface area contributed by atoms with Crippen molar-refractivity contribution in [2.24, 2.45) is 5.73 Å². The average molecular weight is 212 g/mol. The number of benzene rings is 1. The Morgan fingerprint density at radius 2 is 2.00 bits per heavy atom. The van der Waals surface area contributed by atoms with Gasteiger partial charge in [-0.15, -0.1) is 0 Å². The van der Waals surface area contributed by atoms with Gasteiger partial charge in [0.15, 0.2) is 5.17 Å². The monoisotopic (exact) mass is 212 g/mol. The van der Waals surface area contributed by atoms with Gasteiger partial charge in [-0.1, -0.05) is 0 Å². The van der Waals surface area contributed by atoms with Gasteiger partial charge < -0.3 is 15.9 Å². The van der Waals surface area contributed by atoms with E-state index in [1.165, 1.54) is 6.07 Å².